The van der Waals surface area contributed by atoms with Crippen molar-refractivity contribution >= 4 is 10.9 Å². The number of hydrogen-bond acceptors (Lipinski definition) is 3. The lowest BCUT2D eigenvalue weighted by atomic mass is 9.92. The Bertz CT molecular complexity index is 1110. The summed E-state index contributed by atoms with van der Waals surface area (Å²) in [7, 11) is 0. The summed E-state index contributed by atoms with van der Waals surface area (Å²) in [4.78, 5) is 4.77. The van der Waals surface area contributed by atoms with Crippen LogP contribution in [-0.2, 0) is 13.0 Å². The standard InChI is InChI=1S/C25H29FN4/c1-16-12-23-20(13-21(16)26)19(10-11-27)24(30(23)18-6-5-7-18)22-9-8-17(14-28-22)15-29-25(2,3)4/h8-9,12-14,18,29H,5-7,10,15H2,1-4H3. The summed E-state index contributed by atoms with van der Waals surface area (Å²) in [6, 6.07) is 10.3. The number of pyridine rings is 1. The van der Waals surface area contributed by atoms with Crippen LogP contribution >= 0.6 is 0 Å². The molecule has 0 radical (unpaired) electrons. The van der Waals surface area contributed by atoms with Gasteiger partial charge in [-0.05, 0) is 76.3 Å². The largest absolute Gasteiger partial charge is 0.336 e. The van der Waals surface area contributed by atoms with Crippen LogP contribution < -0.4 is 5.32 Å². The van der Waals surface area contributed by atoms with Gasteiger partial charge in [0.15, 0.2) is 0 Å². The number of rotatable bonds is 5. The number of nitrogens with zero attached hydrogens (tertiary/aromatic N) is 3. The third kappa shape index (κ3) is 3.85. The topological polar surface area (TPSA) is 53.6 Å². The van der Waals surface area contributed by atoms with Crippen molar-refractivity contribution in [3.63, 3.8) is 0 Å². The van der Waals surface area contributed by atoms with Crippen molar-refractivity contribution in [2.45, 2.75) is 71.5 Å². The summed E-state index contributed by atoms with van der Waals surface area (Å²) in [6.07, 6.45) is 5.55. The van der Waals surface area contributed by atoms with Gasteiger partial charge in [-0.25, -0.2) is 4.39 Å². The molecule has 1 saturated carbocycles. The quantitative estimate of drug-likeness (QED) is 0.582. The van der Waals surface area contributed by atoms with Gasteiger partial charge in [-0.3, -0.25) is 4.98 Å². The summed E-state index contributed by atoms with van der Waals surface area (Å²) in [5.41, 5.74) is 5.50. The molecule has 1 aliphatic carbocycles. The van der Waals surface area contributed by atoms with Crippen LogP contribution in [0.1, 0.15) is 62.8 Å². The number of hydrogen-bond donors (Lipinski definition) is 1. The lowest BCUT2D eigenvalue weighted by Crippen LogP contribution is -2.35. The molecule has 30 heavy (non-hydrogen) atoms. The molecule has 4 rings (SSSR count). The van der Waals surface area contributed by atoms with Gasteiger partial charge in [-0.15, -0.1) is 0 Å². The third-order valence-electron chi connectivity index (χ3n) is 5.97. The lowest BCUT2D eigenvalue weighted by molar-refractivity contribution is 0.323. The molecule has 1 aromatic carbocycles. The van der Waals surface area contributed by atoms with E-state index in [1.54, 1.807) is 13.0 Å². The molecule has 0 aliphatic heterocycles. The molecule has 156 valence electrons. The van der Waals surface area contributed by atoms with Gasteiger partial charge in [0.05, 0.1) is 23.9 Å². The van der Waals surface area contributed by atoms with Crippen LogP contribution in [0.2, 0.25) is 0 Å². The Kier molecular flexibility index (Phi) is 5.38. The second kappa shape index (κ2) is 7.85. The van der Waals surface area contributed by atoms with Crippen LogP contribution in [0, 0.1) is 24.1 Å². The summed E-state index contributed by atoms with van der Waals surface area (Å²) in [6.45, 7) is 8.97. The highest BCUT2D eigenvalue weighted by Gasteiger charge is 2.28. The molecule has 4 nitrogen and oxygen atoms in total. The van der Waals surface area contributed by atoms with Gasteiger partial charge < -0.3 is 9.88 Å². The maximum atomic E-state index is 14.4. The molecule has 0 saturated heterocycles. The van der Waals surface area contributed by atoms with Gasteiger partial charge in [0.25, 0.3) is 0 Å². The molecule has 1 N–H and O–H groups in total. The Labute approximate surface area is 177 Å². The van der Waals surface area contributed by atoms with E-state index >= 15 is 0 Å². The van der Waals surface area contributed by atoms with Crippen molar-refractivity contribution in [2.75, 3.05) is 0 Å². The smallest absolute Gasteiger partial charge is 0.126 e. The lowest BCUT2D eigenvalue weighted by Gasteiger charge is -2.30. The molecular weight excluding hydrogens is 375 g/mol. The van der Waals surface area contributed by atoms with Crippen LogP contribution in [0.4, 0.5) is 4.39 Å². The first-order valence-electron chi connectivity index (χ1n) is 10.7. The Hall–Kier alpha value is -2.71. The van der Waals surface area contributed by atoms with E-state index in [1.807, 2.05) is 18.3 Å². The summed E-state index contributed by atoms with van der Waals surface area (Å²) < 4.78 is 16.7. The Morgan fingerprint density at radius 3 is 2.60 bits per heavy atom. The Morgan fingerprint density at radius 1 is 1.27 bits per heavy atom. The molecule has 3 aromatic rings. The van der Waals surface area contributed by atoms with Gasteiger partial charge >= 0.3 is 0 Å². The molecule has 0 amide bonds. The number of benzene rings is 1. The minimum absolute atomic E-state index is 0.0389. The van der Waals surface area contributed by atoms with Gasteiger partial charge in [0, 0.05) is 40.8 Å². The van der Waals surface area contributed by atoms with Gasteiger partial charge in [0.2, 0.25) is 0 Å². The highest BCUT2D eigenvalue weighted by molar-refractivity contribution is 5.92. The zero-order valence-electron chi connectivity index (χ0n) is 18.2. The van der Waals surface area contributed by atoms with E-state index in [2.05, 4.69) is 42.8 Å². The monoisotopic (exact) mass is 404 g/mol. The predicted molar refractivity (Wildman–Crippen MR) is 119 cm³/mol. The molecule has 0 spiro atoms. The third-order valence-corrected chi connectivity index (χ3v) is 5.97. The second-order valence-corrected chi connectivity index (χ2v) is 9.39. The van der Waals surface area contributed by atoms with Crippen LogP contribution in [0.25, 0.3) is 22.3 Å². The zero-order valence-corrected chi connectivity index (χ0v) is 18.2. The molecule has 1 fully saturated rings. The van der Waals surface area contributed by atoms with Crippen LogP contribution in [0.5, 0.6) is 0 Å². The van der Waals surface area contributed by atoms with E-state index in [0.717, 1.165) is 52.8 Å². The first kappa shape index (κ1) is 20.6. The maximum Gasteiger partial charge on any atom is 0.126 e. The van der Waals surface area contributed by atoms with E-state index in [4.69, 9.17) is 4.98 Å². The average Bonchev–Trinajstić information content (AvgIpc) is 2.93. The van der Waals surface area contributed by atoms with E-state index in [0.29, 0.717) is 11.6 Å². The first-order valence-corrected chi connectivity index (χ1v) is 10.7. The zero-order chi connectivity index (χ0) is 21.5. The number of fused-ring (bicyclic) bond motifs is 1. The fourth-order valence-electron chi connectivity index (χ4n) is 4.10. The highest BCUT2D eigenvalue weighted by Crippen LogP contribution is 2.43. The molecule has 0 atom stereocenters. The van der Waals surface area contributed by atoms with Crippen molar-refractivity contribution in [1.82, 2.24) is 14.9 Å². The summed E-state index contributed by atoms with van der Waals surface area (Å²) >= 11 is 0. The van der Waals surface area contributed by atoms with E-state index in [9.17, 15) is 9.65 Å². The van der Waals surface area contributed by atoms with Crippen molar-refractivity contribution in [3.05, 3.63) is 53.0 Å². The molecule has 5 heteroatoms. The van der Waals surface area contributed by atoms with Crippen LogP contribution in [0.3, 0.4) is 0 Å². The fraction of sp³-hybridized carbons (Fsp3) is 0.440. The van der Waals surface area contributed by atoms with E-state index in [1.165, 1.54) is 6.42 Å². The Balaban J connectivity index is 1.85. The predicted octanol–water partition coefficient (Wildman–Crippen LogP) is 5.83. The highest BCUT2D eigenvalue weighted by atomic mass is 19.1. The van der Waals surface area contributed by atoms with Crippen molar-refractivity contribution in [1.29, 1.82) is 5.26 Å². The normalized spacial score (nSPS) is 14.7. The van der Waals surface area contributed by atoms with Crippen molar-refractivity contribution in [2.24, 2.45) is 0 Å². The molecule has 2 aromatic heterocycles. The Morgan fingerprint density at radius 2 is 2.03 bits per heavy atom. The van der Waals surface area contributed by atoms with Crippen LogP contribution in [0.15, 0.2) is 30.5 Å². The summed E-state index contributed by atoms with van der Waals surface area (Å²) in [5, 5.41) is 13.8. The van der Waals surface area contributed by atoms with Crippen molar-refractivity contribution in [3.8, 4) is 17.5 Å². The van der Waals surface area contributed by atoms with Crippen molar-refractivity contribution < 1.29 is 4.39 Å². The fourth-order valence-corrected chi connectivity index (χ4v) is 4.10. The number of nitriles is 1. The molecular formula is C25H29FN4. The minimum atomic E-state index is -0.226. The van der Waals surface area contributed by atoms with Gasteiger partial charge in [0.1, 0.15) is 5.82 Å². The average molecular weight is 405 g/mol. The van der Waals surface area contributed by atoms with Crippen LogP contribution in [-0.4, -0.2) is 15.1 Å². The molecule has 2 heterocycles. The maximum absolute atomic E-state index is 14.4. The second-order valence-electron chi connectivity index (χ2n) is 9.39. The first-order chi connectivity index (χ1) is 14.3. The molecule has 0 bridgehead atoms. The molecule has 1 aliphatic rings. The number of halogens is 1. The number of aromatic nitrogens is 2. The molecule has 0 unspecified atom stereocenters. The SMILES string of the molecule is Cc1cc2c(cc1F)c(CC#N)c(-c1ccc(CNC(C)(C)C)cn1)n2C1CCC1. The van der Waals surface area contributed by atoms with Gasteiger partial charge in [-0.1, -0.05) is 6.07 Å². The van der Waals surface area contributed by atoms with Gasteiger partial charge in [-0.2, -0.15) is 5.26 Å². The van der Waals surface area contributed by atoms with E-state index in [-0.39, 0.29) is 17.8 Å². The van der Waals surface area contributed by atoms with E-state index < -0.39 is 0 Å². The minimum Gasteiger partial charge on any atom is -0.336 e. The number of nitrogens with one attached hydrogen (secondary N) is 1. The summed E-state index contributed by atoms with van der Waals surface area (Å²) in [5.74, 6) is -0.226. The number of aryl methyl sites for hydroxylation is 1.